The number of benzene rings is 1. The average Bonchev–Trinajstić information content (AvgIpc) is 2.74. The number of rotatable bonds is 4. The van der Waals surface area contributed by atoms with Crippen LogP contribution in [-0.4, -0.2) is 22.6 Å². The van der Waals surface area contributed by atoms with Gasteiger partial charge in [-0.25, -0.2) is 13.8 Å². The lowest BCUT2D eigenvalue weighted by Gasteiger charge is -2.06. The van der Waals surface area contributed by atoms with Gasteiger partial charge in [-0.2, -0.15) is 0 Å². The normalized spacial score (nSPS) is 10.9. The summed E-state index contributed by atoms with van der Waals surface area (Å²) in [6.07, 6.45) is 0.0734. The van der Waals surface area contributed by atoms with Crippen LogP contribution in [0.5, 0.6) is 0 Å². The number of hydrogen-bond acceptors (Lipinski definition) is 3. The molecule has 0 radical (unpaired) electrons. The van der Waals surface area contributed by atoms with Crippen molar-refractivity contribution in [1.29, 1.82) is 0 Å². The first-order chi connectivity index (χ1) is 9.06. The molecule has 0 atom stereocenters. The molecule has 0 spiro atoms. The van der Waals surface area contributed by atoms with Crippen LogP contribution in [0.25, 0.3) is 11.0 Å². The van der Waals surface area contributed by atoms with Crippen LogP contribution in [0.2, 0.25) is 0 Å². The zero-order chi connectivity index (χ0) is 14.0. The van der Waals surface area contributed by atoms with Gasteiger partial charge in [0.05, 0.1) is 24.9 Å². The van der Waals surface area contributed by atoms with E-state index in [1.54, 1.807) is 0 Å². The summed E-state index contributed by atoms with van der Waals surface area (Å²) in [6, 6.07) is 1.93. The van der Waals surface area contributed by atoms with Gasteiger partial charge >= 0.3 is 5.97 Å². The number of carbonyl (C=O) groups excluding carboxylic acids is 1. The van der Waals surface area contributed by atoms with Crippen LogP contribution in [0.15, 0.2) is 12.1 Å². The van der Waals surface area contributed by atoms with Crippen LogP contribution in [-0.2, 0) is 22.0 Å². The number of ether oxygens (including phenoxy) is 1. The Balaban J connectivity index is 2.47. The molecule has 102 valence electrons. The monoisotopic (exact) mass is 288 g/mol. The zero-order valence-corrected chi connectivity index (χ0v) is 10.9. The fraction of sp³-hybridized carbons (Fsp3) is 0.333. The molecule has 7 heteroatoms. The van der Waals surface area contributed by atoms with Gasteiger partial charge in [0.1, 0.15) is 17.2 Å². The molecule has 4 nitrogen and oxygen atoms in total. The van der Waals surface area contributed by atoms with Gasteiger partial charge in [0.25, 0.3) is 0 Å². The van der Waals surface area contributed by atoms with E-state index in [0.29, 0.717) is 5.82 Å². The lowest BCUT2D eigenvalue weighted by atomic mass is 10.3. The summed E-state index contributed by atoms with van der Waals surface area (Å²) in [5.41, 5.74) is 0.318. The Morgan fingerprint density at radius 2 is 2.21 bits per heavy atom. The molecule has 0 aliphatic heterocycles. The number of esters is 1. The maximum Gasteiger partial charge on any atom is 0.307 e. The highest BCUT2D eigenvalue weighted by molar-refractivity contribution is 6.16. The minimum atomic E-state index is -0.752. The molecule has 0 aliphatic rings. The molecular weight excluding hydrogens is 278 g/mol. The van der Waals surface area contributed by atoms with E-state index in [9.17, 15) is 13.6 Å². The Morgan fingerprint density at radius 3 is 2.84 bits per heavy atom. The van der Waals surface area contributed by atoms with Crippen LogP contribution < -0.4 is 0 Å². The van der Waals surface area contributed by atoms with E-state index in [2.05, 4.69) is 9.72 Å². The quantitative estimate of drug-likeness (QED) is 0.642. The lowest BCUT2D eigenvalue weighted by molar-refractivity contribution is -0.140. The zero-order valence-electron chi connectivity index (χ0n) is 10.1. The summed E-state index contributed by atoms with van der Waals surface area (Å²) in [4.78, 5) is 15.2. The molecule has 0 bridgehead atoms. The van der Waals surface area contributed by atoms with Crippen molar-refractivity contribution in [3.8, 4) is 0 Å². The smallest absolute Gasteiger partial charge is 0.307 e. The molecular formula is C12H11ClF2N2O2. The second kappa shape index (κ2) is 5.52. The summed E-state index contributed by atoms with van der Waals surface area (Å²) in [5.74, 6) is -1.45. The van der Waals surface area contributed by atoms with Gasteiger partial charge < -0.3 is 9.30 Å². The Hall–Kier alpha value is -1.69. The van der Waals surface area contributed by atoms with E-state index in [0.717, 1.165) is 6.07 Å². The van der Waals surface area contributed by atoms with Gasteiger partial charge in [-0.1, -0.05) is 0 Å². The van der Waals surface area contributed by atoms with Crippen molar-refractivity contribution in [3.05, 3.63) is 29.6 Å². The second-order valence-corrected chi connectivity index (χ2v) is 4.16. The lowest BCUT2D eigenvalue weighted by Crippen LogP contribution is -2.09. The minimum absolute atomic E-state index is 0.0386. The highest BCUT2D eigenvalue weighted by Gasteiger charge is 2.15. The molecule has 1 heterocycles. The van der Waals surface area contributed by atoms with Crippen LogP contribution in [0.4, 0.5) is 8.78 Å². The number of halogens is 3. The average molecular weight is 289 g/mol. The van der Waals surface area contributed by atoms with Gasteiger partial charge in [-0.05, 0) is 6.07 Å². The van der Waals surface area contributed by atoms with Gasteiger partial charge in [0, 0.05) is 12.6 Å². The number of hydrogen-bond donors (Lipinski definition) is 0. The number of fused-ring (bicyclic) bond motifs is 1. The summed E-state index contributed by atoms with van der Waals surface area (Å²) < 4.78 is 32.9. The van der Waals surface area contributed by atoms with Crippen molar-refractivity contribution in [1.82, 2.24) is 9.55 Å². The highest BCUT2D eigenvalue weighted by Crippen LogP contribution is 2.22. The predicted molar refractivity (Wildman–Crippen MR) is 65.8 cm³/mol. The van der Waals surface area contributed by atoms with Crippen molar-refractivity contribution in [2.45, 2.75) is 18.8 Å². The number of aromatic nitrogens is 2. The maximum absolute atomic E-state index is 13.6. The van der Waals surface area contributed by atoms with Crippen molar-refractivity contribution in [2.24, 2.45) is 0 Å². The number of carbonyl (C=O) groups is 1. The number of alkyl halides is 1. The van der Waals surface area contributed by atoms with Crippen LogP contribution in [0.3, 0.4) is 0 Å². The highest BCUT2D eigenvalue weighted by atomic mass is 35.5. The molecule has 0 N–H and O–H groups in total. The molecule has 0 unspecified atom stereocenters. The fourth-order valence-electron chi connectivity index (χ4n) is 1.85. The van der Waals surface area contributed by atoms with Gasteiger partial charge in [0.15, 0.2) is 5.82 Å². The Bertz CT molecular complexity index is 628. The van der Waals surface area contributed by atoms with E-state index in [1.807, 2.05) is 0 Å². The molecule has 1 aromatic carbocycles. The number of imidazole rings is 1. The van der Waals surface area contributed by atoms with Crippen molar-refractivity contribution in [2.75, 3.05) is 7.11 Å². The molecule has 2 aromatic rings. The van der Waals surface area contributed by atoms with Crippen molar-refractivity contribution >= 4 is 28.6 Å². The van der Waals surface area contributed by atoms with E-state index >= 15 is 0 Å². The Morgan fingerprint density at radius 1 is 1.47 bits per heavy atom. The third-order valence-corrected chi connectivity index (χ3v) is 2.98. The number of aryl methyl sites for hydroxylation is 1. The molecule has 0 saturated heterocycles. The summed E-state index contributed by atoms with van der Waals surface area (Å²) in [6.45, 7) is 0.203. The molecule has 0 saturated carbocycles. The van der Waals surface area contributed by atoms with E-state index in [4.69, 9.17) is 11.6 Å². The first-order valence-corrected chi connectivity index (χ1v) is 6.07. The van der Waals surface area contributed by atoms with Crippen LogP contribution in [0.1, 0.15) is 12.2 Å². The summed E-state index contributed by atoms with van der Waals surface area (Å²) >= 11 is 5.73. The van der Waals surface area contributed by atoms with Crippen molar-refractivity contribution < 1.29 is 18.3 Å². The standard InChI is InChI=1S/C12H11ClF2N2O2/c1-19-11(18)2-3-17-9-5-7(14)4-8(15)12(9)16-10(17)6-13/h4-5H,2-3,6H2,1H3. The molecule has 1 aromatic heterocycles. The van der Waals surface area contributed by atoms with E-state index < -0.39 is 17.6 Å². The second-order valence-electron chi connectivity index (χ2n) is 3.89. The van der Waals surface area contributed by atoms with Crippen LogP contribution >= 0.6 is 11.6 Å². The topological polar surface area (TPSA) is 44.1 Å². The molecule has 0 aliphatic carbocycles. The van der Waals surface area contributed by atoms with Crippen molar-refractivity contribution in [3.63, 3.8) is 0 Å². The molecule has 0 amide bonds. The minimum Gasteiger partial charge on any atom is -0.469 e. The SMILES string of the molecule is COC(=O)CCn1c(CCl)nc2c(F)cc(F)cc21. The summed E-state index contributed by atoms with van der Waals surface area (Å²) in [5, 5.41) is 0. The first-order valence-electron chi connectivity index (χ1n) is 5.53. The first kappa shape index (κ1) is 13.7. The molecule has 19 heavy (non-hydrogen) atoms. The van der Waals surface area contributed by atoms with Gasteiger partial charge in [0.2, 0.25) is 0 Å². The third-order valence-electron chi connectivity index (χ3n) is 2.74. The summed E-state index contributed by atoms with van der Waals surface area (Å²) in [7, 11) is 1.27. The third kappa shape index (κ3) is 2.68. The number of methoxy groups -OCH3 is 1. The van der Waals surface area contributed by atoms with E-state index in [1.165, 1.54) is 17.7 Å². The number of nitrogens with zero attached hydrogens (tertiary/aromatic N) is 2. The van der Waals surface area contributed by atoms with Gasteiger partial charge in [-0.15, -0.1) is 11.6 Å². The Kier molecular flexibility index (Phi) is 3.99. The molecule has 2 rings (SSSR count). The van der Waals surface area contributed by atoms with E-state index in [-0.39, 0.29) is 29.9 Å². The largest absolute Gasteiger partial charge is 0.469 e. The maximum atomic E-state index is 13.6. The van der Waals surface area contributed by atoms with Gasteiger partial charge in [-0.3, -0.25) is 4.79 Å². The molecule has 0 fully saturated rings. The van der Waals surface area contributed by atoms with Crippen LogP contribution in [0, 0.1) is 11.6 Å². The Labute approximate surface area is 112 Å². The fourth-order valence-corrected chi connectivity index (χ4v) is 2.06. The predicted octanol–water partition coefficient (Wildman–Crippen LogP) is 2.62.